The molecular formula is C14H19NO. The Morgan fingerprint density at radius 1 is 1.44 bits per heavy atom. The average Bonchev–Trinajstić information content (AvgIpc) is 2.73. The number of rotatable bonds is 5. The maximum Gasteiger partial charge on any atom is 0.122 e. The molecule has 1 aliphatic rings. The van der Waals surface area contributed by atoms with Gasteiger partial charge in [-0.1, -0.05) is 30.4 Å². The predicted molar refractivity (Wildman–Crippen MR) is 67.0 cm³/mol. The monoisotopic (exact) mass is 217 g/mol. The lowest BCUT2D eigenvalue weighted by molar-refractivity contribution is 0.327. The smallest absolute Gasteiger partial charge is 0.122 e. The predicted octanol–water partition coefficient (Wildman–Crippen LogP) is 2.72. The second kappa shape index (κ2) is 5.71. The summed E-state index contributed by atoms with van der Waals surface area (Å²) in [5, 5.41) is 3.47. The molecular weight excluding hydrogens is 198 g/mol. The van der Waals surface area contributed by atoms with Gasteiger partial charge in [0.25, 0.3) is 0 Å². The summed E-state index contributed by atoms with van der Waals surface area (Å²) in [7, 11) is 0. The van der Waals surface area contributed by atoms with E-state index in [2.05, 4.69) is 42.6 Å². The van der Waals surface area contributed by atoms with Crippen LogP contribution in [0.5, 0.6) is 5.75 Å². The summed E-state index contributed by atoms with van der Waals surface area (Å²) in [5.41, 5.74) is 1.35. The van der Waals surface area contributed by atoms with E-state index in [1.165, 1.54) is 5.56 Å². The van der Waals surface area contributed by atoms with Crippen LogP contribution in [0.15, 0.2) is 36.4 Å². The van der Waals surface area contributed by atoms with Gasteiger partial charge in [0.1, 0.15) is 5.75 Å². The molecule has 0 spiro atoms. The van der Waals surface area contributed by atoms with Gasteiger partial charge in [0, 0.05) is 18.0 Å². The lowest BCUT2D eigenvalue weighted by Gasteiger charge is -2.09. The molecule has 16 heavy (non-hydrogen) atoms. The minimum atomic E-state index is 0.516. The van der Waals surface area contributed by atoms with Gasteiger partial charge in [-0.3, -0.25) is 0 Å². The molecule has 0 saturated carbocycles. The van der Waals surface area contributed by atoms with Crippen LogP contribution < -0.4 is 10.1 Å². The minimum absolute atomic E-state index is 0.516. The van der Waals surface area contributed by atoms with Crippen molar-refractivity contribution in [3.8, 4) is 5.75 Å². The summed E-state index contributed by atoms with van der Waals surface area (Å²) in [5.74, 6) is 1.57. The van der Waals surface area contributed by atoms with Gasteiger partial charge in [0.2, 0.25) is 0 Å². The number of para-hydroxylation sites is 1. The van der Waals surface area contributed by atoms with Crippen molar-refractivity contribution in [1.82, 2.24) is 5.32 Å². The molecule has 0 aliphatic carbocycles. The summed E-state index contributed by atoms with van der Waals surface area (Å²) in [6.07, 6.45) is 5.38. The third-order valence-corrected chi connectivity index (χ3v) is 2.91. The standard InChI is InChI=1S/C14H19NO/c1-2-3-6-9-15-10-12-11-16-14-8-5-4-7-13(12)14/h2-5,7-8,12,15H,6,9-11H2,1H3/b3-2+. The van der Waals surface area contributed by atoms with Crippen LogP contribution in [0.3, 0.4) is 0 Å². The van der Waals surface area contributed by atoms with Gasteiger partial charge in [-0.25, -0.2) is 0 Å². The fraction of sp³-hybridized carbons (Fsp3) is 0.429. The molecule has 2 rings (SSSR count). The maximum atomic E-state index is 5.64. The molecule has 86 valence electrons. The second-order valence-corrected chi connectivity index (χ2v) is 4.11. The van der Waals surface area contributed by atoms with E-state index in [4.69, 9.17) is 4.74 Å². The first-order valence-corrected chi connectivity index (χ1v) is 5.95. The van der Waals surface area contributed by atoms with Crippen LogP contribution in [0.4, 0.5) is 0 Å². The molecule has 0 bridgehead atoms. The fourth-order valence-electron chi connectivity index (χ4n) is 2.03. The van der Waals surface area contributed by atoms with Gasteiger partial charge in [0.05, 0.1) is 6.61 Å². The Morgan fingerprint density at radius 2 is 2.31 bits per heavy atom. The Labute approximate surface area is 97.3 Å². The van der Waals surface area contributed by atoms with Crippen molar-refractivity contribution in [3.05, 3.63) is 42.0 Å². The van der Waals surface area contributed by atoms with Gasteiger partial charge < -0.3 is 10.1 Å². The van der Waals surface area contributed by atoms with Crippen LogP contribution in [-0.2, 0) is 0 Å². The molecule has 0 radical (unpaired) electrons. The molecule has 1 atom stereocenters. The van der Waals surface area contributed by atoms with E-state index in [-0.39, 0.29) is 0 Å². The molecule has 1 aliphatic heterocycles. The molecule has 1 aromatic carbocycles. The first-order chi connectivity index (χ1) is 7.92. The zero-order valence-corrected chi connectivity index (χ0v) is 9.78. The number of fused-ring (bicyclic) bond motifs is 1. The van der Waals surface area contributed by atoms with Crippen molar-refractivity contribution >= 4 is 0 Å². The first kappa shape index (κ1) is 11.2. The Bertz CT molecular complexity index is 360. The van der Waals surface area contributed by atoms with Gasteiger partial charge >= 0.3 is 0 Å². The summed E-state index contributed by atoms with van der Waals surface area (Å²) >= 11 is 0. The van der Waals surface area contributed by atoms with E-state index >= 15 is 0 Å². The van der Waals surface area contributed by atoms with Crippen LogP contribution in [0.1, 0.15) is 24.8 Å². The van der Waals surface area contributed by atoms with E-state index in [1.807, 2.05) is 6.07 Å². The lowest BCUT2D eigenvalue weighted by atomic mass is 10.0. The van der Waals surface area contributed by atoms with E-state index in [1.54, 1.807) is 0 Å². The normalized spacial score (nSPS) is 18.7. The first-order valence-electron chi connectivity index (χ1n) is 5.95. The molecule has 0 saturated heterocycles. The molecule has 0 fully saturated rings. The molecule has 0 amide bonds. The zero-order chi connectivity index (χ0) is 11.2. The zero-order valence-electron chi connectivity index (χ0n) is 9.78. The number of nitrogens with one attached hydrogen (secondary N) is 1. The number of hydrogen-bond acceptors (Lipinski definition) is 2. The third kappa shape index (κ3) is 2.64. The molecule has 1 heterocycles. The van der Waals surface area contributed by atoms with Gasteiger partial charge in [-0.05, 0) is 26.0 Å². The van der Waals surface area contributed by atoms with Crippen LogP contribution in [-0.4, -0.2) is 19.7 Å². The average molecular weight is 217 g/mol. The van der Waals surface area contributed by atoms with Crippen molar-refractivity contribution in [2.24, 2.45) is 0 Å². The quantitative estimate of drug-likeness (QED) is 0.605. The van der Waals surface area contributed by atoms with E-state index in [0.29, 0.717) is 5.92 Å². The van der Waals surface area contributed by atoms with Crippen molar-refractivity contribution in [1.29, 1.82) is 0 Å². The van der Waals surface area contributed by atoms with Crippen molar-refractivity contribution < 1.29 is 4.74 Å². The van der Waals surface area contributed by atoms with Gasteiger partial charge in [0.15, 0.2) is 0 Å². The largest absolute Gasteiger partial charge is 0.493 e. The Kier molecular flexibility index (Phi) is 4.00. The Balaban J connectivity index is 1.80. The second-order valence-electron chi connectivity index (χ2n) is 4.11. The van der Waals surface area contributed by atoms with E-state index in [9.17, 15) is 0 Å². The van der Waals surface area contributed by atoms with Crippen LogP contribution in [0.25, 0.3) is 0 Å². The van der Waals surface area contributed by atoms with Crippen molar-refractivity contribution in [3.63, 3.8) is 0 Å². The fourth-order valence-corrected chi connectivity index (χ4v) is 2.03. The number of benzene rings is 1. The van der Waals surface area contributed by atoms with Crippen LogP contribution in [0.2, 0.25) is 0 Å². The summed E-state index contributed by atoms with van der Waals surface area (Å²) in [4.78, 5) is 0. The number of hydrogen-bond donors (Lipinski definition) is 1. The minimum Gasteiger partial charge on any atom is -0.493 e. The van der Waals surface area contributed by atoms with Gasteiger partial charge in [-0.15, -0.1) is 0 Å². The van der Waals surface area contributed by atoms with E-state index < -0.39 is 0 Å². The highest BCUT2D eigenvalue weighted by atomic mass is 16.5. The van der Waals surface area contributed by atoms with Crippen LogP contribution in [0, 0.1) is 0 Å². The summed E-state index contributed by atoms with van der Waals surface area (Å²) in [6, 6.07) is 8.33. The number of ether oxygens (including phenoxy) is 1. The highest BCUT2D eigenvalue weighted by molar-refractivity contribution is 5.39. The molecule has 2 nitrogen and oxygen atoms in total. The molecule has 2 heteroatoms. The van der Waals surface area contributed by atoms with Gasteiger partial charge in [-0.2, -0.15) is 0 Å². The summed E-state index contributed by atoms with van der Waals surface area (Å²) < 4.78 is 5.64. The van der Waals surface area contributed by atoms with Crippen molar-refractivity contribution in [2.75, 3.05) is 19.7 Å². The highest BCUT2D eigenvalue weighted by Gasteiger charge is 2.22. The highest BCUT2D eigenvalue weighted by Crippen LogP contribution is 2.32. The molecule has 1 aromatic rings. The summed E-state index contributed by atoms with van der Waals surface area (Å²) in [6.45, 7) is 4.93. The topological polar surface area (TPSA) is 21.3 Å². The third-order valence-electron chi connectivity index (χ3n) is 2.91. The Morgan fingerprint density at radius 3 is 3.19 bits per heavy atom. The van der Waals surface area contributed by atoms with Crippen molar-refractivity contribution in [2.45, 2.75) is 19.3 Å². The van der Waals surface area contributed by atoms with Crippen LogP contribution >= 0.6 is 0 Å². The maximum absolute atomic E-state index is 5.64. The van der Waals surface area contributed by atoms with E-state index in [0.717, 1.165) is 31.9 Å². The Hall–Kier alpha value is -1.28. The molecule has 0 aromatic heterocycles. The molecule has 1 N–H and O–H groups in total. The number of allylic oxidation sites excluding steroid dienone is 1. The molecule has 1 unspecified atom stereocenters. The SMILES string of the molecule is C/C=C/CCNCC1COc2ccccc21. The lowest BCUT2D eigenvalue weighted by Crippen LogP contribution is -2.23.